The van der Waals surface area contributed by atoms with Gasteiger partial charge in [-0.2, -0.15) is 0 Å². The molecule has 21 heavy (non-hydrogen) atoms. The fourth-order valence-corrected chi connectivity index (χ4v) is 2.75. The van der Waals surface area contributed by atoms with Gasteiger partial charge < -0.3 is 5.32 Å². The van der Waals surface area contributed by atoms with Crippen molar-refractivity contribution in [1.82, 2.24) is 5.32 Å². The predicted octanol–water partition coefficient (Wildman–Crippen LogP) is 4.35. The minimum atomic E-state index is 0.0535. The molecule has 2 aromatic rings. The first-order valence-corrected chi connectivity index (χ1v) is 8.21. The van der Waals surface area contributed by atoms with Crippen molar-refractivity contribution in [2.24, 2.45) is 0 Å². The van der Waals surface area contributed by atoms with Gasteiger partial charge >= 0.3 is 0 Å². The maximum atomic E-state index is 11.9. The van der Waals surface area contributed by atoms with Crippen LogP contribution in [0, 0.1) is 0 Å². The molecule has 1 amide bonds. The Morgan fingerprint density at radius 3 is 2.48 bits per heavy atom. The number of nitrogens with one attached hydrogen (secondary N) is 1. The van der Waals surface area contributed by atoms with Crippen LogP contribution < -0.4 is 5.32 Å². The summed E-state index contributed by atoms with van der Waals surface area (Å²) < 4.78 is 0. The second-order valence-electron chi connectivity index (χ2n) is 4.86. The van der Waals surface area contributed by atoms with Gasteiger partial charge in [0.1, 0.15) is 0 Å². The SMILES string of the molecule is C[C@H](CNC(=O)CSc1ccc(Cl)cc1)c1ccccc1. The van der Waals surface area contributed by atoms with Gasteiger partial charge in [0.25, 0.3) is 0 Å². The molecule has 0 aliphatic carbocycles. The van der Waals surface area contributed by atoms with Gasteiger partial charge in [-0.3, -0.25) is 4.79 Å². The molecule has 0 heterocycles. The lowest BCUT2D eigenvalue weighted by molar-refractivity contribution is -0.118. The minimum absolute atomic E-state index is 0.0535. The molecular weight excluding hydrogens is 302 g/mol. The maximum absolute atomic E-state index is 11.9. The van der Waals surface area contributed by atoms with Gasteiger partial charge in [0.2, 0.25) is 5.91 Å². The summed E-state index contributed by atoms with van der Waals surface area (Å²) in [6.45, 7) is 2.77. The Labute approximate surface area is 134 Å². The van der Waals surface area contributed by atoms with Crippen LogP contribution in [0.2, 0.25) is 5.02 Å². The third kappa shape index (κ3) is 5.44. The van der Waals surface area contributed by atoms with Crippen LogP contribution in [0.4, 0.5) is 0 Å². The smallest absolute Gasteiger partial charge is 0.230 e. The molecule has 0 aromatic heterocycles. The summed E-state index contributed by atoms with van der Waals surface area (Å²) in [6, 6.07) is 17.7. The van der Waals surface area contributed by atoms with Crippen molar-refractivity contribution >= 4 is 29.3 Å². The number of benzene rings is 2. The molecule has 0 fully saturated rings. The molecule has 2 rings (SSSR count). The molecule has 1 N–H and O–H groups in total. The van der Waals surface area contributed by atoms with Crippen molar-refractivity contribution in [3.05, 3.63) is 65.2 Å². The van der Waals surface area contributed by atoms with E-state index in [1.807, 2.05) is 42.5 Å². The van der Waals surface area contributed by atoms with Crippen LogP contribution in [-0.4, -0.2) is 18.2 Å². The van der Waals surface area contributed by atoms with E-state index in [2.05, 4.69) is 24.4 Å². The van der Waals surface area contributed by atoms with E-state index in [4.69, 9.17) is 11.6 Å². The summed E-state index contributed by atoms with van der Waals surface area (Å²) in [5, 5.41) is 3.69. The molecular formula is C17H18ClNOS. The highest BCUT2D eigenvalue weighted by atomic mass is 35.5. The summed E-state index contributed by atoms with van der Waals surface area (Å²) in [5.41, 5.74) is 1.24. The van der Waals surface area contributed by atoms with Crippen molar-refractivity contribution in [1.29, 1.82) is 0 Å². The summed E-state index contributed by atoms with van der Waals surface area (Å²) in [7, 11) is 0. The third-order valence-electron chi connectivity index (χ3n) is 3.16. The van der Waals surface area contributed by atoms with E-state index >= 15 is 0 Å². The molecule has 0 saturated heterocycles. The molecule has 0 bridgehead atoms. The van der Waals surface area contributed by atoms with Crippen LogP contribution in [0.15, 0.2) is 59.5 Å². The van der Waals surface area contributed by atoms with Gasteiger partial charge in [0, 0.05) is 16.5 Å². The first kappa shape index (κ1) is 15.9. The fraction of sp³-hybridized carbons (Fsp3) is 0.235. The zero-order valence-corrected chi connectivity index (χ0v) is 13.5. The average Bonchev–Trinajstić information content (AvgIpc) is 2.53. The normalized spacial score (nSPS) is 11.9. The zero-order chi connectivity index (χ0) is 15.1. The van der Waals surface area contributed by atoms with Crippen LogP contribution >= 0.6 is 23.4 Å². The van der Waals surface area contributed by atoms with E-state index in [1.165, 1.54) is 17.3 Å². The Kier molecular flexibility index (Phi) is 6.15. The first-order chi connectivity index (χ1) is 10.1. The zero-order valence-electron chi connectivity index (χ0n) is 11.9. The van der Waals surface area contributed by atoms with Gasteiger partial charge in [0.05, 0.1) is 5.75 Å². The van der Waals surface area contributed by atoms with E-state index in [9.17, 15) is 4.79 Å². The molecule has 0 spiro atoms. The fourth-order valence-electron chi connectivity index (χ4n) is 1.90. The van der Waals surface area contributed by atoms with E-state index in [1.54, 1.807) is 0 Å². The predicted molar refractivity (Wildman–Crippen MR) is 90.0 cm³/mol. The Hall–Kier alpha value is -1.45. The molecule has 0 aliphatic heterocycles. The quantitative estimate of drug-likeness (QED) is 0.802. The van der Waals surface area contributed by atoms with Gasteiger partial charge in [0.15, 0.2) is 0 Å². The van der Waals surface area contributed by atoms with Crippen LogP contribution in [-0.2, 0) is 4.79 Å². The van der Waals surface area contributed by atoms with E-state index in [-0.39, 0.29) is 5.91 Å². The molecule has 0 unspecified atom stereocenters. The number of halogens is 1. The van der Waals surface area contributed by atoms with Crippen molar-refractivity contribution < 1.29 is 4.79 Å². The largest absolute Gasteiger partial charge is 0.355 e. The molecule has 4 heteroatoms. The third-order valence-corrected chi connectivity index (χ3v) is 4.42. The number of thioether (sulfide) groups is 1. The number of hydrogen-bond donors (Lipinski definition) is 1. The van der Waals surface area contributed by atoms with E-state index in [0.29, 0.717) is 23.2 Å². The van der Waals surface area contributed by atoms with Gasteiger partial charge in [-0.25, -0.2) is 0 Å². The van der Waals surface area contributed by atoms with Crippen LogP contribution in [0.5, 0.6) is 0 Å². The molecule has 0 radical (unpaired) electrons. The molecule has 110 valence electrons. The van der Waals surface area contributed by atoms with Gasteiger partial charge in [-0.1, -0.05) is 48.9 Å². The summed E-state index contributed by atoms with van der Waals surface area (Å²) >= 11 is 7.34. The molecule has 1 atom stereocenters. The highest BCUT2D eigenvalue weighted by molar-refractivity contribution is 8.00. The number of amides is 1. The molecule has 2 nitrogen and oxygen atoms in total. The minimum Gasteiger partial charge on any atom is -0.355 e. The Morgan fingerprint density at radius 2 is 1.81 bits per heavy atom. The lowest BCUT2D eigenvalue weighted by Gasteiger charge is -2.13. The topological polar surface area (TPSA) is 29.1 Å². The maximum Gasteiger partial charge on any atom is 0.230 e. The van der Waals surface area contributed by atoms with Crippen molar-refractivity contribution in [2.75, 3.05) is 12.3 Å². The van der Waals surface area contributed by atoms with Crippen LogP contribution in [0.25, 0.3) is 0 Å². The van der Waals surface area contributed by atoms with E-state index < -0.39 is 0 Å². The Morgan fingerprint density at radius 1 is 1.14 bits per heavy atom. The van der Waals surface area contributed by atoms with Crippen molar-refractivity contribution in [3.8, 4) is 0 Å². The van der Waals surface area contributed by atoms with Crippen molar-refractivity contribution in [2.45, 2.75) is 17.7 Å². The number of hydrogen-bond acceptors (Lipinski definition) is 2. The highest BCUT2D eigenvalue weighted by Crippen LogP contribution is 2.20. The Balaban J connectivity index is 1.73. The highest BCUT2D eigenvalue weighted by Gasteiger charge is 2.08. The molecule has 0 aliphatic rings. The number of carbonyl (C=O) groups excluding carboxylic acids is 1. The lowest BCUT2D eigenvalue weighted by Crippen LogP contribution is -2.28. The standard InChI is InChI=1S/C17H18ClNOS/c1-13(14-5-3-2-4-6-14)11-19-17(20)12-21-16-9-7-15(18)8-10-16/h2-10,13H,11-12H2,1H3,(H,19,20)/t13-/m1/s1. The number of carbonyl (C=O) groups is 1. The second kappa shape index (κ2) is 8.11. The molecule has 0 saturated carbocycles. The summed E-state index contributed by atoms with van der Waals surface area (Å²) in [4.78, 5) is 12.9. The van der Waals surface area contributed by atoms with Gasteiger partial charge in [-0.15, -0.1) is 11.8 Å². The van der Waals surface area contributed by atoms with Crippen molar-refractivity contribution in [3.63, 3.8) is 0 Å². The number of rotatable bonds is 6. The van der Waals surface area contributed by atoms with Gasteiger partial charge in [-0.05, 0) is 35.7 Å². The van der Waals surface area contributed by atoms with Crippen LogP contribution in [0.3, 0.4) is 0 Å². The summed E-state index contributed by atoms with van der Waals surface area (Å²) in [5.74, 6) is 0.789. The lowest BCUT2D eigenvalue weighted by atomic mass is 10.0. The summed E-state index contributed by atoms with van der Waals surface area (Å²) in [6.07, 6.45) is 0. The second-order valence-corrected chi connectivity index (χ2v) is 6.34. The van der Waals surface area contributed by atoms with E-state index in [0.717, 1.165) is 4.90 Å². The average molecular weight is 320 g/mol. The van der Waals surface area contributed by atoms with Crippen LogP contribution in [0.1, 0.15) is 18.4 Å². The monoisotopic (exact) mass is 319 g/mol. The Bertz CT molecular complexity index is 571. The molecule has 2 aromatic carbocycles. The first-order valence-electron chi connectivity index (χ1n) is 6.85.